The topological polar surface area (TPSA) is 44.0 Å². The number of allylic oxidation sites excluding steroid dienone is 1. The van der Waals surface area contributed by atoms with E-state index in [1.54, 1.807) is 6.08 Å². The smallest absolute Gasteiger partial charge is 0.0908 e. The normalized spacial score (nSPS) is 14.9. The van der Waals surface area contributed by atoms with Gasteiger partial charge in [-0.25, -0.2) is 0 Å². The van der Waals surface area contributed by atoms with E-state index in [1.165, 1.54) is 6.08 Å². The van der Waals surface area contributed by atoms with E-state index in [2.05, 4.69) is 0 Å². The molecule has 0 aromatic heterocycles. The van der Waals surface area contributed by atoms with Crippen LogP contribution in [0.5, 0.6) is 0 Å². The summed E-state index contributed by atoms with van der Waals surface area (Å²) >= 11 is 0. The maximum Gasteiger partial charge on any atom is 0.0908 e. The highest BCUT2D eigenvalue weighted by Crippen LogP contribution is 2.21. The lowest BCUT2D eigenvalue weighted by molar-refractivity contribution is 0.139. The summed E-state index contributed by atoms with van der Waals surface area (Å²) in [7, 11) is 0. The largest absolute Gasteiger partial charge is 0.388 e. The first kappa shape index (κ1) is 10.5. The van der Waals surface area contributed by atoms with Gasteiger partial charge in [-0.05, 0) is 5.56 Å². The number of hydrogen-bond donors (Lipinski definition) is 1. The van der Waals surface area contributed by atoms with Crippen LogP contribution in [0.2, 0.25) is 0 Å². The Balaban J connectivity index is 2.71. The molecule has 0 bridgehead atoms. The first-order valence-corrected chi connectivity index (χ1v) is 4.55. The Kier molecular flexibility index (Phi) is 3.90. The fraction of sp³-hybridized carbons (Fsp3) is 0.250. The van der Waals surface area contributed by atoms with Crippen LogP contribution >= 0.6 is 0 Å². The van der Waals surface area contributed by atoms with Gasteiger partial charge in [0.25, 0.3) is 0 Å². The first-order valence-electron chi connectivity index (χ1n) is 4.55. The van der Waals surface area contributed by atoms with E-state index in [4.69, 9.17) is 5.26 Å². The van der Waals surface area contributed by atoms with Gasteiger partial charge in [0.15, 0.2) is 0 Å². The van der Waals surface area contributed by atoms with Crippen molar-refractivity contribution in [3.63, 3.8) is 0 Å². The van der Waals surface area contributed by atoms with Crippen molar-refractivity contribution in [2.24, 2.45) is 5.92 Å². The molecule has 0 fully saturated rings. The molecule has 0 heterocycles. The Bertz CT molecular complexity index is 337. The zero-order chi connectivity index (χ0) is 10.4. The van der Waals surface area contributed by atoms with Crippen molar-refractivity contribution in [3.8, 4) is 6.07 Å². The van der Waals surface area contributed by atoms with Crippen molar-refractivity contribution < 1.29 is 5.11 Å². The summed E-state index contributed by atoms with van der Waals surface area (Å²) < 4.78 is 0. The van der Waals surface area contributed by atoms with E-state index in [1.807, 2.05) is 43.3 Å². The zero-order valence-electron chi connectivity index (χ0n) is 8.09. The van der Waals surface area contributed by atoms with Gasteiger partial charge in [-0.2, -0.15) is 5.26 Å². The van der Waals surface area contributed by atoms with Gasteiger partial charge in [0, 0.05) is 12.0 Å². The molecule has 0 spiro atoms. The van der Waals surface area contributed by atoms with E-state index in [0.29, 0.717) is 0 Å². The van der Waals surface area contributed by atoms with Crippen LogP contribution in [0, 0.1) is 17.2 Å². The summed E-state index contributed by atoms with van der Waals surface area (Å²) in [6.07, 6.45) is 2.56. The van der Waals surface area contributed by atoms with Gasteiger partial charge in [0.05, 0.1) is 12.2 Å². The third-order valence-corrected chi connectivity index (χ3v) is 2.11. The molecular formula is C12H13NO. The van der Waals surface area contributed by atoms with Gasteiger partial charge >= 0.3 is 0 Å². The van der Waals surface area contributed by atoms with E-state index >= 15 is 0 Å². The predicted octanol–water partition coefficient (Wildman–Crippen LogP) is 2.44. The van der Waals surface area contributed by atoms with Crippen LogP contribution in [0.25, 0.3) is 0 Å². The molecule has 0 unspecified atom stereocenters. The Labute approximate surface area is 84.1 Å². The Hall–Kier alpha value is -1.59. The summed E-state index contributed by atoms with van der Waals surface area (Å²) in [6, 6.07) is 11.4. The summed E-state index contributed by atoms with van der Waals surface area (Å²) in [5.41, 5.74) is 0.877. The highest BCUT2D eigenvalue weighted by molar-refractivity contribution is 5.19. The molecule has 0 radical (unpaired) electrons. The lowest BCUT2D eigenvalue weighted by Gasteiger charge is -2.15. The van der Waals surface area contributed by atoms with Gasteiger partial charge in [0.1, 0.15) is 0 Å². The van der Waals surface area contributed by atoms with Crippen LogP contribution in [0.1, 0.15) is 18.6 Å². The van der Waals surface area contributed by atoms with Gasteiger partial charge in [0.2, 0.25) is 0 Å². The molecule has 14 heavy (non-hydrogen) atoms. The average Bonchev–Trinajstić information content (AvgIpc) is 2.26. The number of nitrogens with zero attached hydrogens (tertiary/aromatic N) is 1. The van der Waals surface area contributed by atoms with Crippen LogP contribution in [0.3, 0.4) is 0 Å². The number of benzene rings is 1. The SMILES string of the molecule is C[C@H](/C=C/C#N)[C@@H](O)c1ccccc1. The lowest BCUT2D eigenvalue weighted by Crippen LogP contribution is -2.06. The molecule has 1 N–H and O–H groups in total. The van der Waals surface area contributed by atoms with Gasteiger partial charge in [-0.15, -0.1) is 0 Å². The predicted molar refractivity (Wildman–Crippen MR) is 55.3 cm³/mol. The van der Waals surface area contributed by atoms with Gasteiger partial charge < -0.3 is 5.11 Å². The van der Waals surface area contributed by atoms with Crippen LogP contribution in [-0.4, -0.2) is 5.11 Å². The highest BCUT2D eigenvalue weighted by atomic mass is 16.3. The van der Waals surface area contributed by atoms with Gasteiger partial charge in [-0.3, -0.25) is 0 Å². The number of rotatable bonds is 3. The number of nitriles is 1. The van der Waals surface area contributed by atoms with Crippen molar-refractivity contribution in [3.05, 3.63) is 48.0 Å². The molecule has 2 atom stereocenters. The molecule has 0 aliphatic carbocycles. The molecule has 0 saturated heterocycles. The van der Waals surface area contributed by atoms with Crippen molar-refractivity contribution in [2.45, 2.75) is 13.0 Å². The van der Waals surface area contributed by atoms with Crippen molar-refractivity contribution in [1.29, 1.82) is 5.26 Å². The highest BCUT2D eigenvalue weighted by Gasteiger charge is 2.12. The number of aliphatic hydroxyl groups excluding tert-OH is 1. The standard InChI is InChI=1S/C12H13NO/c1-10(6-5-9-13)12(14)11-7-3-2-4-8-11/h2-8,10,12,14H,1H3/b6-5+/t10-,12-/m1/s1. The molecule has 2 nitrogen and oxygen atoms in total. The van der Waals surface area contributed by atoms with E-state index in [0.717, 1.165) is 5.56 Å². The van der Waals surface area contributed by atoms with Crippen LogP contribution in [0.15, 0.2) is 42.5 Å². The Morgan fingerprint density at radius 1 is 1.36 bits per heavy atom. The first-order chi connectivity index (χ1) is 6.75. The fourth-order valence-corrected chi connectivity index (χ4v) is 1.25. The van der Waals surface area contributed by atoms with Crippen molar-refractivity contribution >= 4 is 0 Å². The minimum absolute atomic E-state index is 0.0444. The molecule has 1 aromatic rings. The zero-order valence-corrected chi connectivity index (χ0v) is 8.09. The van der Waals surface area contributed by atoms with E-state index in [9.17, 15) is 5.11 Å². The minimum atomic E-state index is -0.541. The van der Waals surface area contributed by atoms with Gasteiger partial charge in [-0.1, -0.05) is 43.3 Å². The van der Waals surface area contributed by atoms with Crippen LogP contribution in [0.4, 0.5) is 0 Å². The summed E-state index contributed by atoms with van der Waals surface area (Å²) in [5.74, 6) is -0.0444. The fourth-order valence-electron chi connectivity index (χ4n) is 1.25. The summed E-state index contributed by atoms with van der Waals surface area (Å²) in [5, 5.41) is 18.2. The third kappa shape index (κ3) is 2.72. The second-order valence-corrected chi connectivity index (χ2v) is 3.20. The maximum absolute atomic E-state index is 9.86. The monoisotopic (exact) mass is 187 g/mol. The van der Waals surface area contributed by atoms with E-state index < -0.39 is 6.10 Å². The quantitative estimate of drug-likeness (QED) is 0.738. The maximum atomic E-state index is 9.86. The molecule has 0 saturated carbocycles. The molecule has 0 aliphatic heterocycles. The molecular weight excluding hydrogens is 174 g/mol. The van der Waals surface area contributed by atoms with Crippen LogP contribution < -0.4 is 0 Å². The Morgan fingerprint density at radius 3 is 2.57 bits per heavy atom. The molecule has 72 valence electrons. The minimum Gasteiger partial charge on any atom is -0.388 e. The second-order valence-electron chi connectivity index (χ2n) is 3.20. The van der Waals surface area contributed by atoms with Crippen LogP contribution in [-0.2, 0) is 0 Å². The summed E-state index contributed by atoms with van der Waals surface area (Å²) in [6.45, 7) is 1.88. The van der Waals surface area contributed by atoms with Crippen molar-refractivity contribution in [2.75, 3.05) is 0 Å². The van der Waals surface area contributed by atoms with Crippen molar-refractivity contribution in [1.82, 2.24) is 0 Å². The second kappa shape index (κ2) is 5.21. The average molecular weight is 187 g/mol. The molecule has 0 aliphatic rings. The number of aliphatic hydroxyl groups is 1. The molecule has 1 aromatic carbocycles. The Morgan fingerprint density at radius 2 is 2.00 bits per heavy atom. The molecule has 1 rings (SSSR count). The lowest BCUT2D eigenvalue weighted by atomic mass is 9.97. The van der Waals surface area contributed by atoms with E-state index in [-0.39, 0.29) is 5.92 Å². The molecule has 2 heteroatoms. The summed E-state index contributed by atoms with van der Waals surface area (Å²) in [4.78, 5) is 0. The molecule has 0 amide bonds. The third-order valence-electron chi connectivity index (χ3n) is 2.11. The number of hydrogen-bond acceptors (Lipinski definition) is 2.